The number of hydrogen-bond donors (Lipinski definition) is 3. The van der Waals surface area contributed by atoms with E-state index < -0.39 is 28.2 Å². The predicted octanol–water partition coefficient (Wildman–Crippen LogP) is 4.23. The molecule has 0 saturated carbocycles. The first-order chi connectivity index (χ1) is 19.6. The van der Waals surface area contributed by atoms with Gasteiger partial charge in [0.15, 0.2) is 5.75 Å². The summed E-state index contributed by atoms with van der Waals surface area (Å²) in [4.78, 5) is 33.8. The molecule has 41 heavy (non-hydrogen) atoms. The number of aromatic hydroxyl groups is 1. The first-order valence-electron chi connectivity index (χ1n) is 13.9. The minimum atomic E-state index is -0.730. The van der Waals surface area contributed by atoms with Crippen LogP contribution in [0.5, 0.6) is 5.75 Å². The molecule has 1 aliphatic rings. The highest BCUT2D eigenvalue weighted by Crippen LogP contribution is 2.28. The quantitative estimate of drug-likeness (QED) is 0.284. The lowest BCUT2D eigenvalue weighted by Gasteiger charge is -2.22. The molecule has 0 spiro atoms. The summed E-state index contributed by atoms with van der Waals surface area (Å²) in [6.45, 7) is 5.73. The Morgan fingerprint density at radius 1 is 1.02 bits per heavy atom. The number of nitrogens with one attached hydrogen (secondary N) is 1. The van der Waals surface area contributed by atoms with Crippen molar-refractivity contribution in [1.82, 2.24) is 14.9 Å². The average molecular weight is 559 g/mol. The monoisotopic (exact) mass is 558 g/mol. The highest BCUT2D eigenvalue weighted by molar-refractivity contribution is 6.01. The van der Waals surface area contributed by atoms with Gasteiger partial charge < -0.3 is 25.0 Å². The van der Waals surface area contributed by atoms with Crippen molar-refractivity contribution >= 4 is 22.6 Å². The van der Waals surface area contributed by atoms with Crippen LogP contribution in [0.15, 0.2) is 65.6 Å². The number of pyridine rings is 2. The second kappa shape index (κ2) is 11.7. The summed E-state index contributed by atoms with van der Waals surface area (Å²) in [5, 5.41) is 23.4. The number of fused-ring (bicyclic) bond motifs is 1. The van der Waals surface area contributed by atoms with Crippen LogP contribution in [0.4, 0.5) is 10.1 Å². The van der Waals surface area contributed by atoms with Crippen LogP contribution in [0.2, 0.25) is 0 Å². The molecule has 0 atom stereocenters. The van der Waals surface area contributed by atoms with Gasteiger partial charge >= 0.3 is 0 Å². The third-order valence-corrected chi connectivity index (χ3v) is 7.59. The number of nitrogens with zero attached hydrogens (tertiary/aromatic N) is 3. The van der Waals surface area contributed by atoms with Crippen molar-refractivity contribution in [2.75, 3.05) is 31.1 Å². The van der Waals surface area contributed by atoms with Gasteiger partial charge in [-0.1, -0.05) is 38.1 Å². The molecule has 2 aromatic carbocycles. The standard InChI is InChI=1S/C32H35FN4O4/c1-32(2,20-38)19-35-30(40)27-29(39)28-26(16-23(17-34-28)15-21-5-9-24(33)10-6-21)37(31(27)41)18-22-7-11-25(12-8-22)36-13-3-4-14-36/h5-12,16-17,38-39H,3-4,13-15,18-20H2,1-2H3,(H,35,40). The SMILES string of the molecule is CC(C)(CO)CNC(=O)c1c(O)c2ncc(Cc3ccc(F)cc3)cc2n(Cc2ccc(N3CCCC3)cc2)c1=O. The number of carbonyl (C=O) groups is 1. The molecular formula is C32H35FN4O4. The van der Waals surface area contributed by atoms with Gasteiger partial charge in [0.05, 0.1) is 12.1 Å². The van der Waals surface area contributed by atoms with Gasteiger partial charge in [0.2, 0.25) is 0 Å². The summed E-state index contributed by atoms with van der Waals surface area (Å²) in [6, 6.07) is 16.0. The normalized spacial score (nSPS) is 13.6. The molecule has 0 bridgehead atoms. The van der Waals surface area contributed by atoms with E-state index in [1.807, 2.05) is 24.3 Å². The number of carbonyl (C=O) groups excluding carboxylic acids is 1. The van der Waals surface area contributed by atoms with Gasteiger partial charge in [0.1, 0.15) is 16.9 Å². The highest BCUT2D eigenvalue weighted by atomic mass is 19.1. The fraction of sp³-hybridized carbons (Fsp3) is 0.344. The molecule has 1 fully saturated rings. The average Bonchev–Trinajstić information content (AvgIpc) is 3.51. The van der Waals surface area contributed by atoms with E-state index in [9.17, 15) is 24.2 Å². The van der Waals surface area contributed by atoms with Gasteiger partial charge in [0, 0.05) is 43.5 Å². The molecule has 1 aliphatic heterocycles. The van der Waals surface area contributed by atoms with Crippen molar-refractivity contribution in [2.45, 2.75) is 39.7 Å². The van der Waals surface area contributed by atoms with Crippen molar-refractivity contribution in [3.63, 3.8) is 0 Å². The molecule has 0 radical (unpaired) electrons. The maximum atomic E-state index is 13.8. The summed E-state index contributed by atoms with van der Waals surface area (Å²) in [5.74, 6) is -1.54. The van der Waals surface area contributed by atoms with Crippen LogP contribution in [0.1, 0.15) is 53.7 Å². The third-order valence-electron chi connectivity index (χ3n) is 7.59. The maximum Gasteiger partial charge on any atom is 0.268 e. The lowest BCUT2D eigenvalue weighted by molar-refractivity contribution is 0.0906. The number of benzene rings is 2. The summed E-state index contributed by atoms with van der Waals surface area (Å²) < 4.78 is 14.9. The van der Waals surface area contributed by atoms with Gasteiger partial charge in [-0.3, -0.25) is 14.6 Å². The minimum absolute atomic E-state index is 0.112. The predicted molar refractivity (Wildman–Crippen MR) is 157 cm³/mol. The molecule has 3 heterocycles. The van der Waals surface area contributed by atoms with Crippen LogP contribution in [-0.4, -0.2) is 51.9 Å². The molecule has 5 rings (SSSR count). The van der Waals surface area contributed by atoms with Gasteiger partial charge in [-0.15, -0.1) is 0 Å². The Morgan fingerprint density at radius 3 is 2.34 bits per heavy atom. The first kappa shape index (κ1) is 28.3. The van der Waals surface area contributed by atoms with Crippen LogP contribution in [0.25, 0.3) is 11.0 Å². The van der Waals surface area contributed by atoms with E-state index in [1.165, 1.54) is 29.5 Å². The fourth-order valence-electron chi connectivity index (χ4n) is 5.08. The molecule has 1 saturated heterocycles. The molecule has 0 unspecified atom stereocenters. The molecule has 4 aromatic rings. The number of aliphatic hydroxyl groups is 1. The Kier molecular flexibility index (Phi) is 8.08. The third kappa shape index (κ3) is 6.25. The fourth-order valence-corrected chi connectivity index (χ4v) is 5.08. The number of rotatable bonds is 9. The van der Waals surface area contributed by atoms with E-state index in [0.717, 1.165) is 35.5 Å². The van der Waals surface area contributed by atoms with Gasteiger partial charge in [-0.2, -0.15) is 0 Å². The molecule has 0 aliphatic carbocycles. The number of hydrogen-bond acceptors (Lipinski definition) is 6. The molecule has 214 valence electrons. The van der Waals surface area contributed by atoms with Crippen LogP contribution < -0.4 is 15.8 Å². The maximum absolute atomic E-state index is 13.8. The molecule has 1 amide bonds. The van der Waals surface area contributed by atoms with E-state index in [4.69, 9.17) is 0 Å². The smallest absolute Gasteiger partial charge is 0.268 e. The largest absolute Gasteiger partial charge is 0.505 e. The second-order valence-electron chi connectivity index (χ2n) is 11.5. The van der Waals surface area contributed by atoms with E-state index in [1.54, 1.807) is 38.2 Å². The number of aromatic nitrogens is 2. The Bertz CT molecular complexity index is 1610. The second-order valence-corrected chi connectivity index (χ2v) is 11.5. The first-order valence-corrected chi connectivity index (χ1v) is 13.9. The summed E-state index contributed by atoms with van der Waals surface area (Å²) >= 11 is 0. The number of halogens is 1. The van der Waals surface area contributed by atoms with Crippen molar-refractivity contribution in [2.24, 2.45) is 5.41 Å². The Hall–Kier alpha value is -4.24. The van der Waals surface area contributed by atoms with Gasteiger partial charge in [-0.25, -0.2) is 4.39 Å². The number of aliphatic hydroxyl groups excluding tert-OH is 1. The Morgan fingerprint density at radius 2 is 1.68 bits per heavy atom. The van der Waals surface area contributed by atoms with Gasteiger partial charge in [0.25, 0.3) is 11.5 Å². The molecular weight excluding hydrogens is 523 g/mol. The van der Waals surface area contributed by atoms with E-state index in [-0.39, 0.29) is 31.0 Å². The molecule has 3 N–H and O–H groups in total. The van der Waals surface area contributed by atoms with E-state index in [0.29, 0.717) is 11.9 Å². The van der Waals surface area contributed by atoms with Crippen LogP contribution in [-0.2, 0) is 13.0 Å². The highest BCUT2D eigenvalue weighted by Gasteiger charge is 2.26. The topological polar surface area (TPSA) is 108 Å². The van der Waals surface area contributed by atoms with Crippen molar-refractivity contribution < 1.29 is 19.4 Å². The lowest BCUT2D eigenvalue weighted by atomic mass is 9.95. The van der Waals surface area contributed by atoms with Crippen molar-refractivity contribution in [3.8, 4) is 5.75 Å². The number of amides is 1. The zero-order valence-electron chi connectivity index (χ0n) is 23.4. The van der Waals surface area contributed by atoms with Crippen molar-refractivity contribution in [1.29, 1.82) is 0 Å². The van der Waals surface area contributed by atoms with E-state index in [2.05, 4.69) is 15.2 Å². The molecule has 2 aromatic heterocycles. The van der Waals surface area contributed by atoms with Crippen molar-refractivity contribution in [3.05, 3.63) is 99.2 Å². The zero-order valence-corrected chi connectivity index (χ0v) is 23.4. The summed E-state index contributed by atoms with van der Waals surface area (Å²) in [6.07, 6.45) is 4.37. The molecule has 9 heteroatoms. The van der Waals surface area contributed by atoms with Crippen LogP contribution in [0.3, 0.4) is 0 Å². The lowest BCUT2D eigenvalue weighted by Crippen LogP contribution is -2.39. The van der Waals surface area contributed by atoms with Gasteiger partial charge in [-0.05, 0) is 66.3 Å². The molecule has 8 nitrogen and oxygen atoms in total. The summed E-state index contributed by atoms with van der Waals surface area (Å²) in [7, 11) is 0. The Labute approximate surface area is 238 Å². The Balaban J connectivity index is 1.56. The number of anilines is 1. The van der Waals surface area contributed by atoms with E-state index >= 15 is 0 Å². The minimum Gasteiger partial charge on any atom is -0.505 e. The van der Waals surface area contributed by atoms with Crippen LogP contribution >= 0.6 is 0 Å². The zero-order chi connectivity index (χ0) is 29.1. The van der Waals surface area contributed by atoms with Crippen LogP contribution in [0, 0.1) is 11.2 Å². The summed E-state index contributed by atoms with van der Waals surface area (Å²) in [5.41, 5.74) is 2.51.